The maximum atomic E-state index is 6.36. The van der Waals surface area contributed by atoms with E-state index in [9.17, 15) is 0 Å². The van der Waals surface area contributed by atoms with E-state index in [1.165, 1.54) is 40.2 Å². The van der Waals surface area contributed by atoms with Gasteiger partial charge in [-0.15, -0.1) is 9.24 Å². The molecular formula is C25H25BNO2P. The van der Waals surface area contributed by atoms with E-state index in [0.29, 0.717) is 12.5 Å². The third kappa shape index (κ3) is 3.44. The van der Waals surface area contributed by atoms with E-state index in [1.807, 2.05) is 0 Å². The highest BCUT2D eigenvalue weighted by molar-refractivity contribution is 7.28. The fraction of sp³-hybridized carbons (Fsp3) is 0.240. The van der Waals surface area contributed by atoms with E-state index in [-0.39, 0.29) is 0 Å². The number of rotatable bonds is 5. The molecule has 0 saturated heterocycles. The van der Waals surface area contributed by atoms with E-state index in [0.717, 1.165) is 33.6 Å². The molecule has 1 atom stereocenters. The molecule has 0 aliphatic heterocycles. The van der Waals surface area contributed by atoms with E-state index < -0.39 is 0 Å². The third-order valence-corrected chi connectivity index (χ3v) is 6.63. The van der Waals surface area contributed by atoms with Gasteiger partial charge in [0.15, 0.2) is 0 Å². The largest absolute Gasteiger partial charge is 0.488 e. The molecule has 1 fully saturated rings. The van der Waals surface area contributed by atoms with Crippen molar-refractivity contribution in [2.24, 2.45) is 0 Å². The summed E-state index contributed by atoms with van der Waals surface area (Å²) in [5.74, 6) is 2.35. The first-order valence-electron chi connectivity index (χ1n) is 10.5. The molecule has 3 nitrogen and oxygen atoms in total. The number of aromatic nitrogens is 1. The highest BCUT2D eigenvalue weighted by Crippen LogP contribution is 2.45. The van der Waals surface area contributed by atoms with Crippen LogP contribution in [0.15, 0.2) is 53.1 Å². The average Bonchev–Trinajstić information content (AvgIpc) is 3.48. The van der Waals surface area contributed by atoms with Gasteiger partial charge >= 0.3 is 0 Å². The van der Waals surface area contributed by atoms with E-state index in [1.54, 1.807) is 0 Å². The average molecular weight is 413 g/mol. The van der Waals surface area contributed by atoms with Crippen LogP contribution in [-0.2, 0) is 6.61 Å². The second kappa shape index (κ2) is 7.59. The minimum atomic E-state index is 0.456. The highest BCUT2D eigenvalue weighted by Gasteiger charge is 2.33. The summed E-state index contributed by atoms with van der Waals surface area (Å²) in [5, 5.41) is 8.02. The molecule has 3 aromatic carbocycles. The lowest BCUT2D eigenvalue weighted by molar-refractivity contribution is 0.303. The number of hydrogen-bond acceptors (Lipinski definition) is 3. The van der Waals surface area contributed by atoms with E-state index in [2.05, 4.69) is 84.6 Å². The maximum Gasteiger partial charge on any atom is 0.147 e. The summed E-state index contributed by atoms with van der Waals surface area (Å²) in [5.41, 5.74) is 6.85. The zero-order valence-corrected chi connectivity index (χ0v) is 18.8. The van der Waals surface area contributed by atoms with Crippen LogP contribution in [0.4, 0.5) is 0 Å². The molecule has 0 radical (unpaired) electrons. The number of fused-ring (bicyclic) bond motifs is 1. The van der Waals surface area contributed by atoms with Crippen molar-refractivity contribution in [3.8, 4) is 17.0 Å². The van der Waals surface area contributed by atoms with E-state index >= 15 is 0 Å². The zero-order valence-electron chi connectivity index (χ0n) is 17.7. The Balaban J connectivity index is 1.52. The molecule has 30 heavy (non-hydrogen) atoms. The fourth-order valence-electron chi connectivity index (χ4n) is 4.24. The Morgan fingerprint density at radius 2 is 1.87 bits per heavy atom. The number of benzene rings is 3. The number of aryl methyl sites for hydroxylation is 2. The minimum absolute atomic E-state index is 0.456. The predicted octanol–water partition coefficient (Wildman–Crippen LogP) is 4.33. The molecule has 5 rings (SSSR count). The molecule has 1 aliphatic rings. The van der Waals surface area contributed by atoms with Gasteiger partial charge in [0, 0.05) is 16.8 Å². The first kappa shape index (κ1) is 19.4. The van der Waals surface area contributed by atoms with Crippen LogP contribution in [-0.4, -0.2) is 13.0 Å². The summed E-state index contributed by atoms with van der Waals surface area (Å²) in [6.45, 7) is 4.71. The third-order valence-electron chi connectivity index (χ3n) is 6.03. The molecule has 1 unspecified atom stereocenters. The minimum Gasteiger partial charge on any atom is -0.488 e. The molecule has 1 aliphatic carbocycles. The number of ether oxygens (including phenoxy) is 1. The van der Waals surface area contributed by atoms with Gasteiger partial charge in [-0.05, 0) is 54.7 Å². The van der Waals surface area contributed by atoms with Crippen molar-refractivity contribution < 1.29 is 9.26 Å². The molecule has 0 N–H and O–H groups in total. The first-order chi connectivity index (χ1) is 14.5. The van der Waals surface area contributed by atoms with Crippen LogP contribution >= 0.6 is 9.24 Å². The molecule has 4 aromatic rings. The van der Waals surface area contributed by atoms with Gasteiger partial charge < -0.3 is 9.26 Å². The Morgan fingerprint density at radius 1 is 1.10 bits per heavy atom. The topological polar surface area (TPSA) is 35.3 Å². The van der Waals surface area contributed by atoms with Crippen LogP contribution in [0.1, 0.15) is 41.2 Å². The lowest BCUT2D eigenvalue weighted by Crippen LogP contribution is -2.08. The molecular weight excluding hydrogens is 388 g/mol. The van der Waals surface area contributed by atoms with Gasteiger partial charge in [0.05, 0.1) is 5.56 Å². The first-order valence-corrected chi connectivity index (χ1v) is 11.1. The van der Waals surface area contributed by atoms with Gasteiger partial charge in [-0.25, -0.2) is 0 Å². The summed E-state index contributed by atoms with van der Waals surface area (Å²) in [4.78, 5) is 0. The Kier molecular flexibility index (Phi) is 4.91. The summed E-state index contributed by atoms with van der Waals surface area (Å²) in [6.07, 6.45) is 2.33. The summed E-state index contributed by atoms with van der Waals surface area (Å²) in [7, 11) is 4.97. The van der Waals surface area contributed by atoms with Crippen molar-refractivity contribution in [1.82, 2.24) is 5.16 Å². The second-order valence-electron chi connectivity index (χ2n) is 8.41. The monoisotopic (exact) mass is 413 g/mol. The van der Waals surface area contributed by atoms with Crippen molar-refractivity contribution in [2.45, 2.75) is 39.2 Å². The SMILES string of the molecule is Bc1ccc2c(P)c(OCc3c(-c4c(C)cccc4C)noc3C3CC3)ccc2c1. The Bertz CT molecular complexity index is 1240. The van der Waals surface area contributed by atoms with Crippen LogP contribution in [0.3, 0.4) is 0 Å². The number of hydrogen-bond donors (Lipinski definition) is 0. The predicted molar refractivity (Wildman–Crippen MR) is 129 cm³/mol. The molecule has 150 valence electrons. The molecule has 0 bridgehead atoms. The van der Waals surface area contributed by atoms with Crippen molar-refractivity contribution in [2.75, 3.05) is 0 Å². The lowest BCUT2D eigenvalue weighted by Gasteiger charge is -2.13. The summed E-state index contributed by atoms with van der Waals surface area (Å²) < 4.78 is 12.2. The van der Waals surface area contributed by atoms with Crippen LogP contribution in [0.5, 0.6) is 5.75 Å². The Labute approximate surface area is 180 Å². The normalized spacial score (nSPS) is 13.7. The summed E-state index contributed by atoms with van der Waals surface area (Å²) in [6, 6.07) is 17.1. The van der Waals surface area contributed by atoms with Crippen molar-refractivity contribution in [1.29, 1.82) is 0 Å². The zero-order chi connectivity index (χ0) is 20.8. The van der Waals surface area contributed by atoms with Crippen LogP contribution < -0.4 is 15.5 Å². The molecule has 1 aromatic heterocycles. The van der Waals surface area contributed by atoms with Crippen molar-refractivity contribution >= 4 is 38.6 Å². The molecule has 5 heteroatoms. The smallest absolute Gasteiger partial charge is 0.147 e. The van der Waals surface area contributed by atoms with Crippen molar-refractivity contribution in [3.63, 3.8) is 0 Å². The van der Waals surface area contributed by atoms with Gasteiger partial charge in [0.1, 0.15) is 31.7 Å². The van der Waals surface area contributed by atoms with Crippen LogP contribution in [0.25, 0.3) is 22.0 Å². The van der Waals surface area contributed by atoms with Gasteiger partial charge in [-0.1, -0.05) is 53.1 Å². The van der Waals surface area contributed by atoms with Gasteiger partial charge in [-0.2, -0.15) is 0 Å². The molecule has 1 heterocycles. The van der Waals surface area contributed by atoms with E-state index in [4.69, 9.17) is 9.26 Å². The van der Waals surface area contributed by atoms with Crippen molar-refractivity contribution in [3.05, 3.63) is 71.0 Å². The lowest BCUT2D eigenvalue weighted by atomic mass is 9.93. The molecule has 0 spiro atoms. The van der Waals surface area contributed by atoms with Gasteiger partial charge in [0.2, 0.25) is 0 Å². The van der Waals surface area contributed by atoms with Crippen LogP contribution in [0, 0.1) is 13.8 Å². The fourth-order valence-corrected chi connectivity index (χ4v) is 4.68. The molecule has 1 saturated carbocycles. The Hall–Kier alpha value is -2.58. The van der Waals surface area contributed by atoms with Gasteiger partial charge in [-0.3, -0.25) is 0 Å². The summed E-state index contributed by atoms with van der Waals surface area (Å²) >= 11 is 0. The van der Waals surface area contributed by atoms with Gasteiger partial charge in [0.25, 0.3) is 0 Å². The second-order valence-corrected chi connectivity index (χ2v) is 8.98. The maximum absolute atomic E-state index is 6.36. The Morgan fingerprint density at radius 3 is 2.60 bits per heavy atom. The standard InChI is InChI=1S/C25H25BNO2P/c1-14-4-3-5-15(2)22(14)23-20(24(29-27-23)16-6-7-16)13-28-21-11-8-17-12-18(26)9-10-19(17)25(21)30/h3-5,8-12,16H,6-7,13,26,30H2,1-2H3. The highest BCUT2D eigenvalue weighted by atomic mass is 31.0. The molecule has 0 amide bonds. The van der Waals surface area contributed by atoms with Crippen LogP contribution in [0.2, 0.25) is 0 Å². The number of nitrogens with zero attached hydrogens (tertiary/aromatic N) is 1. The quantitative estimate of drug-likeness (QED) is 0.361.